The summed E-state index contributed by atoms with van der Waals surface area (Å²) in [5.41, 5.74) is 28.0. The fourth-order valence-electron chi connectivity index (χ4n) is 23.3. The molecule has 0 unspecified atom stereocenters. The SMILES string of the molecule is COC(=O)C[C@@H]1CCc2ccc(OCc3ccc(-c4cc(OC)ccc4F)c(C4=CCCC4(C)C)c3)cc21.COC(=O)C[C@H]1CCc2ccc(OCc3ccc(-c4cc(OC)ccc4F)c(C4=CCCC4(C)C)c3)cc21.COc1ccc(F)c(-c2ccc(COc3ccc4c(c3)[C@@H](CC(=O)O)CC4)cc2C2=CCCC2(C)C)c1.COc1ccc(F)c(-c2ccc(COc3ccc4c(c3)[C@H](CC(=O)O)CC4)cc2C2=CCCC2(C)C)c1. The first-order chi connectivity index (χ1) is 72.1. The largest absolute Gasteiger partial charge is 0.497 e. The maximum atomic E-state index is 15.0. The molecule has 0 aromatic heterocycles. The predicted molar refractivity (Wildman–Crippen MR) is 583 cm³/mol. The maximum Gasteiger partial charge on any atom is 0.306 e. The van der Waals surface area contributed by atoms with Gasteiger partial charge in [0.25, 0.3) is 0 Å². The third-order valence-corrected chi connectivity index (χ3v) is 31.8. The van der Waals surface area contributed by atoms with Crippen LogP contribution in [0.3, 0.4) is 0 Å². The smallest absolute Gasteiger partial charge is 0.306 e. The van der Waals surface area contributed by atoms with E-state index in [0.717, 1.165) is 204 Å². The number of carboxylic acids is 2. The summed E-state index contributed by atoms with van der Waals surface area (Å²) in [4.78, 5) is 46.3. The lowest BCUT2D eigenvalue weighted by molar-refractivity contribution is -0.142. The summed E-state index contributed by atoms with van der Waals surface area (Å²) in [5, 5.41) is 18.5. The molecule has 0 fully saturated rings. The fourth-order valence-corrected chi connectivity index (χ4v) is 23.3. The first-order valence-electron chi connectivity index (χ1n) is 52.4. The Morgan fingerprint density at radius 3 is 0.687 bits per heavy atom. The van der Waals surface area contributed by atoms with E-state index < -0.39 is 11.9 Å². The van der Waals surface area contributed by atoms with Gasteiger partial charge in [-0.3, -0.25) is 19.2 Å². The zero-order valence-corrected chi connectivity index (χ0v) is 88.5. The molecule has 0 heterocycles. The van der Waals surface area contributed by atoms with Crippen LogP contribution in [0.25, 0.3) is 66.8 Å². The number of allylic oxidation sites excluding steroid dienone is 8. The molecule has 0 bridgehead atoms. The Kier molecular flexibility index (Phi) is 33.1. The normalized spacial score (nSPS) is 17.7. The number of carbonyl (C=O) groups is 4. The fraction of sp³-hybridized carbons (Fsp3) is 0.354. The Morgan fingerprint density at radius 2 is 0.487 bits per heavy atom. The van der Waals surface area contributed by atoms with Gasteiger partial charge in [0.2, 0.25) is 0 Å². The molecule has 0 saturated carbocycles. The van der Waals surface area contributed by atoms with E-state index in [0.29, 0.717) is 84.5 Å². The van der Waals surface area contributed by atoms with Crippen molar-refractivity contribution in [3.05, 3.63) is 355 Å². The number of hydrogen-bond donors (Lipinski definition) is 2. The van der Waals surface area contributed by atoms with Gasteiger partial charge in [-0.1, -0.05) is 152 Å². The van der Waals surface area contributed by atoms with Gasteiger partial charge in [-0.05, 0) is 427 Å². The standard InChI is InChI=1S/2C33H35FO4.2C32H33FO4/c2*1-33(2)15-5-6-30(33)28-16-21(7-13-26(28)29-18-24(36-3)12-14-31(29)34)20-38-25-11-10-22-8-9-23(27(22)19-25)17-32(35)37-4;2*1-32(2)14-4-5-29(32)27-15-20(6-12-25(27)28-17-23(36-3)11-13-30(28)33)19-37-24-10-9-21-7-8-22(16-31(34)35)26(21)18-24/h2*6-7,10-14,16,18-19,23H,5,8-9,15,17,20H2,1-4H3;2*5-6,9-13,15,17-18,22H,4,7-8,14,16,19H2,1-3H3,(H,34,35)/t2*23-;2*22-/m1010/s1. The average molecular weight is 2030 g/mol. The number of fused-ring (bicyclic) bond motifs is 4. The lowest BCUT2D eigenvalue weighted by Gasteiger charge is -2.25. The molecule has 150 heavy (non-hydrogen) atoms. The minimum atomic E-state index is -0.770. The molecule has 0 aliphatic heterocycles. The van der Waals surface area contributed by atoms with Crippen molar-refractivity contribution < 1.29 is 94.3 Å². The van der Waals surface area contributed by atoms with Crippen molar-refractivity contribution in [1.29, 1.82) is 0 Å². The van der Waals surface area contributed by atoms with Crippen molar-refractivity contribution in [3.8, 4) is 90.5 Å². The van der Waals surface area contributed by atoms with Gasteiger partial charge in [-0.15, -0.1) is 0 Å². The van der Waals surface area contributed by atoms with Crippen molar-refractivity contribution in [2.24, 2.45) is 21.7 Å². The van der Waals surface area contributed by atoms with Crippen LogP contribution in [0.2, 0.25) is 0 Å². The molecule has 12 aromatic carbocycles. The number of rotatable bonds is 32. The highest BCUT2D eigenvalue weighted by Gasteiger charge is 2.38. The molecule has 780 valence electrons. The van der Waals surface area contributed by atoms with Crippen LogP contribution in [0.5, 0.6) is 46.0 Å². The van der Waals surface area contributed by atoms with Crippen molar-refractivity contribution in [2.45, 2.75) is 234 Å². The Hall–Kier alpha value is -14.4. The number of hydrogen-bond acceptors (Lipinski definition) is 14. The van der Waals surface area contributed by atoms with E-state index in [4.69, 9.17) is 47.4 Å². The van der Waals surface area contributed by atoms with Crippen LogP contribution >= 0.6 is 0 Å². The molecule has 2 N–H and O–H groups in total. The average Bonchev–Trinajstić information content (AvgIpc) is 1.68. The third-order valence-electron chi connectivity index (χ3n) is 31.8. The molecule has 20 heteroatoms. The highest BCUT2D eigenvalue weighted by Crippen LogP contribution is 2.55. The van der Waals surface area contributed by atoms with Gasteiger partial charge >= 0.3 is 23.9 Å². The first kappa shape index (κ1) is 107. The van der Waals surface area contributed by atoms with E-state index in [1.54, 1.807) is 77.0 Å². The van der Waals surface area contributed by atoms with Crippen molar-refractivity contribution in [2.75, 3.05) is 42.7 Å². The Labute approximate surface area is 878 Å². The zero-order valence-electron chi connectivity index (χ0n) is 88.5. The summed E-state index contributed by atoms with van der Waals surface area (Å²) in [6, 6.07) is 68.3. The Balaban J connectivity index is 0.000000136. The number of halogens is 4. The van der Waals surface area contributed by atoms with Crippen LogP contribution in [0, 0.1) is 44.9 Å². The van der Waals surface area contributed by atoms with Crippen molar-refractivity contribution in [3.63, 3.8) is 0 Å². The lowest BCUT2D eigenvalue weighted by Crippen LogP contribution is -2.10. The Morgan fingerprint density at radius 1 is 0.267 bits per heavy atom. The predicted octanol–water partition coefficient (Wildman–Crippen LogP) is 31.3. The number of carbonyl (C=O) groups excluding carboxylic acids is 2. The molecule has 0 spiro atoms. The second-order valence-corrected chi connectivity index (χ2v) is 43.4. The summed E-state index contributed by atoms with van der Waals surface area (Å²) >= 11 is 0. The minimum absolute atomic E-state index is 0.00178. The summed E-state index contributed by atoms with van der Waals surface area (Å²) in [6.07, 6.45) is 25.8. The van der Waals surface area contributed by atoms with Crippen LogP contribution in [-0.4, -0.2) is 76.7 Å². The number of esters is 2. The van der Waals surface area contributed by atoms with Crippen LogP contribution in [0.4, 0.5) is 17.6 Å². The van der Waals surface area contributed by atoms with E-state index >= 15 is 17.6 Å². The summed E-state index contributed by atoms with van der Waals surface area (Å²) < 4.78 is 116. The second kappa shape index (κ2) is 46.4. The highest BCUT2D eigenvalue weighted by atomic mass is 19.1. The van der Waals surface area contributed by atoms with Crippen LogP contribution in [-0.2, 0) is 80.8 Å². The molecular weight excluding hydrogens is 1890 g/mol. The second-order valence-electron chi connectivity index (χ2n) is 43.4. The van der Waals surface area contributed by atoms with E-state index in [2.05, 4.69) is 140 Å². The summed E-state index contributed by atoms with van der Waals surface area (Å²) in [5.74, 6) is 2.93. The number of carboxylic acid groups (broad SMARTS) is 2. The highest BCUT2D eigenvalue weighted by molar-refractivity contribution is 5.90. The molecule has 20 rings (SSSR count). The number of benzene rings is 12. The lowest BCUT2D eigenvalue weighted by atomic mass is 9.79. The van der Waals surface area contributed by atoms with Crippen LogP contribution < -0.4 is 37.9 Å². The van der Waals surface area contributed by atoms with E-state index in [1.807, 2.05) is 84.9 Å². The third kappa shape index (κ3) is 24.5. The van der Waals surface area contributed by atoms with Crippen LogP contribution in [0.15, 0.2) is 243 Å². The monoisotopic (exact) mass is 2030 g/mol. The first-order valence-corrected chi connectivity index (χ1v) is 52.4. The van der Waals surface area contributed by atoms with E-state index in [-0.39, 0.29) is 93.4 Å². The number of methoxy groups -OCH3 is 6. The minimum Gasteiger partial charge on any atom is -0.497 e. The summed E-state index contributed by atoms with van der Waals surface area (Å²) in [6.45, 7) is 19.4. The van der Waals surface area contributed by atoms with Crippen molar-refractivity contribution in [1.82, 2.24) is 0 Å². The van der Waals surface area contributed by atoms with Crippen molar-refractivity contribution >= 4 is 46.2 Å². The molecular formula is C130H136F4O16. The van der Waals surface area contributed by atoms with Gasteiger partial charge in [0.15, 0.2) is 0 Å². The van der Waals surface area contributed by atoms with E-state index in [9.17, 15) is 29.4 Å². The Bertz CT molecular complexity index is 6790. The number of aryl methyl sites for hydroxylation is 4. The van der Waals surface area contributed by atoms with Crippen LogP contribution in [0.1, 0.15) is 271 Å². The van der Waals surface area contributed by atoms with Gasteiger partial charge in [0.05, 0.1) is 68.3 Å². The number of aliphatic carboxylic acids is 2. The van der Waals surface area contributed by atoms with Gasteiger partial charge in [-0.2, -0.15) is 0 Å². The molecule has 8 aliphatic rings. The maximum absolute atomic E-state index is 15.0. The quantitative estimate of drug-likeness (QED) is 0.0298. The molecule has 12 aromatic rings. The van der Waals surface area contributed by atoms with E-state index in [1.165, 1.54) is 94.2 Å². The molecule has 0 saturated heterocycles. The molecule has 0 radical (unpaired) electrons. The zero-order chi connectivity index (χ0) is 106. The molecule has 8 aliphatic carbocycles. The molecule has 4 atom stereocenters. The van der Waals surface area contributed by atoms with Gasteiger partial charge in [-0.25, -0.2) is 17.6 Å². The van der Waals surface area contributed by atoms with Gasteiger partial charge in [0.1, 0.15) is 95.7 Å². The number of ether oxygens (including phenoxy) is 10. The summed E-state index contributed by atoms with van der Waals surface area (Å²) in [7, 11) is 9.23. The topological polar surface area (TPSA) is 201 Å². The van der Waals surface area contributed by atoms with Gasteiger partial charge in [0, 0.05) is 22.3 Å². The molecule has 16 nitrogen and oxygen atoms in total. The van der Waals surface area contributed by atoms with Gasteiger partial charge < -0.3 is 57.6 Å². The molecule has 0 amide bonds.